The maximum absolute atomic E-state index is 14.0. The molecule has 0 spiro atoms. The van der Waals surface area contributed by atoms with Gasteiger partial charge in [0.1, 0.15) is 23.3 Å². The number of carbonyl (C=O) groups is 1. The van der Waals surface area contributed by atoms with Crippen LogP contribution in [-0.2, 0) is 12.8 Å². The van der Waals surface area contributed by atoms with Crippen molar-refractivity contribution in [1.29, 1.82) is 0 Å². The van der Waals surface area contributed by atoms with E-state index >= 15 is 0 Å². The number of halogens is 4. The summed E-state index contributed by atoms with van der Waals surface area (Å²) in [6, 6.07) is 19.3. The van der Waals surface area contributed by atoms with Gasteiger partial charge in [0.2, 0.25) is 0 Å². The third kappa shape index (κ3) is 4.94. The molecular weight excluding hydrogens is 416 g/mol. The Labute approximate surface area is 183 Å². The van der Waals surface area contributed by atoms with Crippen molar-refractivity contribution in [2.24, 2.45) is 0 Å². The Morgan fingerprint density at radius 2 is 0.844 bits per heavy atom. The van der Waals surface area contributed by atoms with Crippen molar-refractivity contribution in [2.45, 2.75) is 12.8 Å². The molecule has 0 aliphatic heterocycles. The molecule has 4 rings (SSSR count). The Bertz CT molecular complexity index is 1160. The van der Waals surface area contributed by atoms with Crippen LogP contribution in [0.5, 0.6) is 0 Å². The highest BCUT2D eigenvalue weighted by molar-refractivity contribution is 6.11. The molecule has 0 unspecified atom stereocenters. The maximum atomic E-state index is 14.0. The summed E-state index contributed by atoms with van der Waals surface area (Å²) >= 11 is 0. The molecular formula is C27H18F4O. The number of ketones is 1. The molecule has 5 heteroatoms. The first-order valence-electron chi connectivity index (χ1n) is 9.99. The van der Waals surface area contributed by atoms with Crippen LogP contribution in [-0.4, -0.2) is 5.78 Å². The van der Waals surface area contributed by atoms with Crippen molar-refractivity contribution >= 4 is 5.78 Å². The molecule has 4 aromatic rings. The summed E-state index contributed by atoms with van der Waals surface area (Å²) in [6.45, 7) is 0. The summed E-state index contributed by atoms with van der Waals surface area (Å²) in [6.07, 6.45) is 0.460. The molecule has 0 saturated heterocycles. The number of hydrogen-bond donors (Lipinski definition) is 0. The van der Waals surface area contributed by atoms with Crippen LogP contribution in [0.4, 0.5) is 17.6 Å². The zero-order valence-corrected chi connectivity index (χ0v) is 16.9. The zero-order valence-electron chi connectivity index (χ0n) is 16.9. The molecule has 0 bridgehead atoms. The monoisotopic (exact) mass is 434 g/mol. The first kappa shape index (κ1) is 21.5. The highest BCUT2D eigenvalue weighted by Crippen LogP contribution is 2.24. The second kappa shape index (κ2) is 9.18. The smallest absolute Gasteiger partial charge is 0.193 e. The van der Waals surface area contributed by atoms with Crippen LogP contribution < -0.4 is 0 Å². The number of rotatable bonds is 6. The van der Waals surface area contributed by atoms with Gasteiger partial charge in [-0.15, -0.1) is 0 Å². The van der Waals surface area contributed by atoms with Gasteiger partial charge in [0.15, 0.2) is 5.78 Å². The third-order valence-electron chi connectivity index (χ3n) is 5.24. The van der Waals surface area contributed by atoms with Crippen LogP contribution in [0.2, 0.25) is 0 Å². The van der Waals surface area contributed by atoms with Gasteiger partial charge in [-0.3, -0.25) is 4.79 Å². The highest BCUT2D eigenvalue weighted by atomic mass is 19.1. The van der Waals surface area contributed by atoms with Crippen LogP contribution in [0.15, 0.2) is 84.9 Å². The van der Waals surface area contributed by atoms with Crippen molar-refractivity contribution in [3.63, 3.8) is 0 Å². The molecule has 0 atom stereocenters. The first-order valence-corrected chi connectivity index (χ1v) is 9.99. The van der Waals surface area contributed by atoms with E-state index in [2.05, 4.69) is 0 Å². The molecule has 160 valence electrons. The molecule has 0 saturated carbocycles. The van der Waals surface area contributed by atoms with Crippen molar-refractivity contribution < 1.29 is 22.4 Å². The van der Waals surface area contributed by atoms with E-state index in [0.717, 1.165) is 11.1 Å². The first-order chi connectivity index (χ1) is 15.4. The van der Waals surface area contributed by atoms with E-state index in [4.69, 9.17) is 0 Å². The Morgan fingerprint density at radius 1 is 0.500 bits per heavy atom. The fourth-order valence-corrected chi connectivity index (χ4v) is 3.65. The standard InChI is InChI=1S/C27H18F4O/c28-21-5-1-17(2-6-21)13-19-15-23(30)9-11-25(19)27(32)26-12-10-24(31)16-20(26)14-18-3-7-22(29)8-4-18/h1-12,15-16H,13-14H2. The van der Waals surface area contributed by atoms with Crippen molar-refractivity contribution in [3.05, 3.63) is 142 Å². The normalized spacial score (nSPS) is 10.9. The van der Waals surface area contributed by atoms with Gasteiger partial charge in [0, 0.05) is 11.1 Å². The fraction of sp³-hybridized carbons (Fsp3) is 0.0741. The lowest BCUT2D eigenvalue weighted by atomic mass is 9.90. The molecule has 4 aromatic carbocycles. The van der Waals surface area contributed by atoms with Gasteiger partial charge in [-0.2, -0.15) is 0 Å². The van der Waals surface area contributed by atoms with E-state index in [1.54, 1.807) is 24.3 Å². The minimum atomic E-state index is -0.496. The predicted molar refractivity (Wildman–Crippen MR) is 115 cm³/mol. The second-order valence-corrected chi connectivity index (χ2v) is 7.54. The van der Waals surface area contributed by atoms with Crippen LogP contribution >= 0.6 is 0 Å². The third-order valence-corrected chi connectivity index (χ3v) is 5.24. The van der Waals surface area contributed by atoms with Crippen LogP contribution in [0.1, 0.15) is 38.2 Å². The quantitative estimate of drug-likeness (QED) is 0.245. The average molecular weight is 434 g/mol. The summed E-state index contributed by atoms with van der Waals surface area (Å²) in [7, 11) is 0. The van der Waals surface area contributed by atoms with Crippen LogP contribution in [0, 0.1) is 23.3 Å². The van der Waals surface area contributed by atoms with Crippen molar-refractivity contribution in [2.75, 3.05) is 0 Å². The molecule has 0 amide bonds. The summed E-state index contributed by atoms with van der Waals surface area (Å²) in [4.78, 5) is 13.4. The lowest BCUT2D eigenvalue weighted by Crippen LogP contribution is -2.10. The lowest BCUT2D eigenvalue weighted by molar-refractivity contribution is 0.103. The molecule has 0 heterocycles. The Balaban J connectivity index is 1.71. The van der Waals surface area contributed by atoms with Gasteiger partial charge in [-0.25, -0.2) is 17.6 Å². The Kier molecular flexibility index (Phi) is 6.17. The van der Waals surface area contributed by atoms with Gasteiger partial charge in [-0.1, -0.05) is 24.3 Å². The Morgan fingerprint density at radius 3 is 1.22 bits per heavy atom. The number of benzene rings is 4. The molecule has 0 aromatic heterocycles. The minimum Gasteiger partial charge on any atom is -0.289 e. The number of hydrogen-bond acceptors (Lipinski definition) is 1. The summed E-state index contributed by atoms with van der Waals surface area (Å²) in [5, 5.41) is 0. The second-order valence-electron chi connectivity index (χ2n) is 7.54. The molecule has 0 aliphatic rings. The molecule has 0 fully saturated rings. The van der Waals surface area contributed by atoms with E-state index in [9.17, 15) is 22.4 Å². The largest absolute Gasteiger partial charge is 0.289 e. The van der Waals surface area contributed by atoms with Crippen molar-refractivity contribution in [1.82, 2.24) is 0 Å². The van der Waals surface area contributed by atoms with E-state index in [1.165, 1.54) is 60.7 Å². The highest BCUT2D eigenvalue weighted by Gasteiger charge is 2.19. The van der Waals surface area contributed by atoms with Gasteiger partial charge in [0.05, 0.1) is 0 Å². The topological polar surface area (TPSA) is 17.1 Å². The summed E-state index contributed by atoms with van der Waals surface area (Å²) in [5.74, 6) is -2.14. The molecule has 1 nitrogen and oxygen atoms in total. The summed E-state index contributed by atoms with van der Waals surface area (Å²) in [5.41, 5.74) is 2.89. The Hall–Kier alpha value is -3.73. The van der Waals surface area contributed by atoms with Crippen LogP contribution in [0.25, 0.3) is 0 Å². The van der Waals surface area contributed by atoms with Gasteiger partial charge >= 0.3 is 0 Å². The van der Waals surface area contributed by atoms with Gasteiger partial charge < -0.3 is 0 Å². The van der Waals surface area contributed by atoms with Gasteiger partial charge in [0.25, 0.3) is 0 Å². The minimum absolute atomic E-state index is 0.230. The zero-order chi connectivity index (χ0) is 22.7. The number of carbonyl (C=O) groups excluding carboxylic acids is 1. The predicted octanol–water partition coefficient (Wildman–Crippen LogP) is 6.66. The molecule has 0 radical (unpaired) electrons. The molecule has 0 aliphatic carbocycles. The average Bonchev–Trinajstić information content (AvgIpc) is 2.77. The van der Waals surface area contributed by atoms with Crippen LogP contribution in [0.3, 0.4) is 0 Å². The lowest BCUT2D eigenvalue weighted by Gasteiger charge is -2.13. The molecule has 32 heavy (non-hydrogen) atoms. The molecule has 0 N–H and O–H groups in total. The van der Waals surface area contributed by atoms with Crippen molar-refractivity contribution in [3.8, 4) is 0 Å². The maximum Gasteiger partial charge on any atom is 0.193 e. The van der Waals surface area contributed by atoms with E-state index < -0.39 is 11.6 Å². The van der Waals surface area contributed by atoms with E-state index in [-0.39, 0.29) is 41.4 Å². The van der Waals surface area contributed by atoms with E-state index in [1.807, 2.05) is 0 Å². The summed E-state index contributed by atoms with van der Waals surface area (Å²) < 4.78 is 54.4. The van der Waals surface area contributed by atoms with Gasteiger partial charge in [-0.05, 0) is 95.8 Å². The van der Waals surface area contributed by atoms with E-state index in [0.29, 0.717) is 11.1 Å². The SMILES string of the molecule is O=C(c1ccc(F)cc1Cc1ccc(F)cc1)c1ccc(F)cc1Cc1ccc(F)cc1. The fourth-order valence-electron chi connectivity index (χ4n) is 3.65.